The first-order valence-corrected chi connectivity index (χ1v) is 7.36. The van der Waals surface area contributed by atoms with Crippen LogP contribution in [0.4, 0.5) is 0 Å². The van der Waals surface area contributed by atoms with Gasteiger partial charge in [0.2, 0.25) is 0 Å². The van der Waals surface area contributed by atoms with Crippen LogP contribution in [0, 0.1) is 0 Å². The Balaban J connectivity index is 2.63. The number of nitrogens with one attached hydrogen (secondary N) is 1. The summed E-state index contributed by atoms with van der Waals surface area (Å²) < 4.78 is 1.56. The summed E-state index contributed by atoms with van der Waals surface area (Å²) in [6, 6.07) is 2.80. The molecule has 0 aliphatic carbocycles. The van der Waals surface area contributed by atoms with Gasteiger partial charge in [-0.3, -0.25) is 0 Å². The van der Waals surface area contributed by atoms with Gasteiger partial charge in [0.05, 0.1) is 8.67 Å². The molecule has 0 bridgehead atoms. The number of rotatable bonds is 6. The van der Waals surface area contributed by atoms with Crippen molar-refractivity contribution in [3.63, 3.8) is 0 Å². The highest BCUT2D eigenvalue weighted by molar-refractivity contribution is 7.20. The SMILES string of the molecule is CCCC(CC)NC(C)c1cc(Cl)sc1Cl. The molecule has 1 rings (SSSR count). The van der Waals surface area contributed by atoms with E-state index >= 15 is 0 Å². The zero-order chi connectivity index (χ0) is 12.1. The first-order valence-electron chi connectivity index (χ1n) is 5.79. The zero-order valence-electron chi connectivity index (χ0n) is 10.0. The van der Waals surface area contributed by atoms with Crippen LogP contribution in [0.25, 0.3) is 0 Å². The molecular weight excluding hydrogens is 261 g/mol. The highest BCUT2D eigenvalue weighted by Gasteiger charge is 2.16. The van der Waals surface area contributed by atoms with Crippen molar-refractivity contribution in [2.45, 2.75) is 52.1 Å². The summed E-state index contributed by atoms with van der Waals surface area (Å²) in [6.07, 6.45) is 3.56. The first-order chi connectivity index (χ1) is 7.58. The van der Waals surface area contributed by atoms with Gasteiger partial charge in [0.25, 0.3) is 0 Å². The van der Waals surface area contributed by atoms with E-state index in [1.54, 1.807) is 0 Å². The van der Waals surface area contributed by atoms with E-state index in [9.17, 15) is 0 Å². The minimum atomic E-state index is 0.271. The van der Waals surface area contributed by atoms with Gasteiger partial charge in [-0.05, 0) is 31.4 Å². The summed E-state index contributed by atoms with van der Waals surface area (Å²) in [5.41, 5.74) is 1.12. The maximum Gasteiger partial charge on any atom is 0.0991 e. The summed E-state index contributed by atoms with van der Waals surface area (Å²) in [7, 11) is 0. The van der Waals surface area contributed by atoms with Crippen LogP contribution in [-0.2, 0) is 0 Å². The van der Waals surface area contributed by atoms with Gasteiger partial charge < -0.3 is 5.32 Å². The van der Waals surface area contributed by atoms with E-state index in [2.05, 4.69) is 26.1 Å². The third kappa shape index (κ3) is 3.92. The van der Waals surface area contributed by atoms with Gasteiger partial charge in [-0.15, -0.1) is 11.3 Å². The first kappa shape index (κ1) is 14.3. The molecule has 2 unspecified atom stereocenters. The van der Waals surface area contributed by atoms with E-state index in [-0.39, 0.29) is 6.04 Å². The molecule has 1 heterocycles. The summed E-state index contributed by atoms with van der Waals surface area (Å²) in [4.78, 5) is 0. The van der Waals surface area contributed by atoms with Crippen molar-refractivity contribution in [1.82, 2.24) is 5.32 Å². The number of hydrogen-bond acceptors (Lipinski definition) is 2. The third-order valence-electron chi connectivity index (χ3n) is 2.77. The van der Waals surface area contributed by atoms with Gasteiger partial charge in [0.1, 0.15) is 0 Å². The van der Waals surface area contributed by atoms with E-state index in [0.717, 1.165) is 20.7 Å². The molecule has 2 atom stereocenters. The highest BCUT2D eigenvalue weighted by atomic mass is 35.5. The van der Waals surface area contributed by atoms with Gasteiger partial charge in [-0.2, -0.15) is 0 Å². The molecule has 0 aliphatic heterocycles. The lowest BCUT2D eigenvalue weighted by molar-refractivity contribution is 0.417. The molecule has 1 N–H and O–H groups in total. The minimum absolute atomic E-state index is 0.271. The van der Waals surface area contributed by atoms with Crippen molar-refractivity contribution in [3.8, 4) is 0 Å². The molecule has 92 valence electrons. The Labute approximate surface area is 112 Å². The monoisotopic (exact) mass is 279 g/mol. The fourth-order valence-electron chi connectivity index (χ4n) is 1.85. The maximum absolute atomic E-state index is 6.14. The van der Waals surface area contributed by atoms with Gasteiger partial charge >= 0.3 is 0 Å². The fraction of sp³-hybridized carbons (Fsp3) is 0.667. The van der Waals surface area contributed by atoms with Crippen LogP contribution in [0.3, 0.4) is 0 Å². The van der Waals surface area contributed by atoms with E-state index in [1.165, 1.54) is 24.2 Å². The molecule has 0 amide bonds. The van der Waals surface area contributed by atoms with Crippen molar-refractivity contribution in [2.75, 3.05) is 0 Å². The molecule has 0 fully saturated rings. The maximum atomic E-state index is 6.14. The molecule has 16 heavy (non-hydrogen) atoms. The van der Waals surface area contributed by atoms with Gasteiger partial charge in [0, 0.05) is 12.1 Å². The van der Waals surface area contributed by atoms with E-state index < -0.39 is 0 Å². The second-order valence-electron chi connectivity index (χ2n) is 4.06. The summed E-state index contributed by atoms with van der Waals surface area (Å²) in [5.74, 6) is 0. The lowest BCUT2D eigenvalue weighted by Crippen LogP contribution is -2.30. The van der Waals surface area contributed by atoms with Gasteiger partial charge in [0.15, 0.2) is 0 Å². The van der Waals surface area contributed by atoms with Crippen LogP contribution in [0.5, 0.6) is 0 Å². The molecule has 0 aromatic carbocycles. The number of hydrogen-bond donors (Lipinski definition) is 1. The lowest BCUT2D eigenvalue weighted by atomic mass is 10.1. The number of halogens is 2. The predicted octanol–water partition coefficient (Wildman–Crippen LogP) is 5.28. The zero-order valence-corrected chi connectivity index (χ0v) is 12.3. The fourth-order valence-corrected chi connectivity index (χ4v) is 3.49. The lowest BCUT2D eigenvalue weighted by Gasteiger charge is -2.21. The van der Waals surface area contributed by atoms with Crippen molar-refractivity contribution in [1.29, 1.82) is 0 Å². The Bertz CT molecular complexity index is 325. The molecule has 1 aromatic heterocycles. The van der Waals surface area contributed by atoms with Crippen LogP contribution in [0.1, 0.15) is 51.6 Å². The molecule has 0 saturated carbocycles. The minimum Gasteiger partial charge on any atom is -0.307 e. The highest BCUT2D eigenvalue weighted by Crippen LogP contribution is 2.35. The topological polar surface area (TPSA) is 12.0 Å². The van der Waals surface area contributed by atoms with E-state index in [4.69, 9.17) is 23.2 Å². The predicted molar refractivity (Wildman–Crippen MR) is 74.9 cm³/mol. The van der Waals surface area contributed by atoms with Crippen molar-refractivity contribution >= 4 is 34.5 Å². The largest absolute Gasteiger partial charge is 0.307 e. The Hall–Kier alpha value is 0.240. The second-order valence-corrected chi connectivity index (χ2v) is 6.35. The average Bonchev–Trinajstić information content (AvgIpc) is 2.57. The summed E-state index contributed by atoms with van der Waals surface area (Å²) in [5, 5.41) is 3.60. The molecule has 1 aromatic rings. The van der Waals surface area contributed by atoms with Crippen molar-refractivity contribution in [2.24, 2.45) is 0 Å². The quantitative estimate of drug-likeness (QED) is 0.747. The van der Waals surface area contributed by atoms with Gasteiger partial charge in [-0.1, -0.05) is 43.5 Å². The van der Waals surface area contributed by atoms with E-state index in [1.807, 2.05) is 6.07 Å². The van der Waals surface area contributed by atoms with Crippen molar-refractivity contribution in [3.05, 3.63) is 20.3 Å². The molecule has 0 aliphatic rings. The molecule has 1 nitrogen and oxygen atoms in total. The smallest absolute Gasteiger partial charge is 0.0991 e. The standard InChI is InChI=1S/C12H19Cl2NS/c1-4-6-9(5-2)15-8(3)10-7-11(13)16-12(10)14/h7-9,15H,4-6H2,1-3H3. The Kier molecular flexibility index (Phi) is 6.12. The van der Waals surface area contributed by atoms with Crippen LogP contribution in [-0.4, -0.2) is 6.04 Å². The van der Waals surface area contributed by atoms with Crippen LogP contribution in [0.15, 0.2) is 6.07 Å². The number of thiophene rings is 1. The third-order valence-corrected chi connectivity index (χ3v) is 4.28. The second kappa shape index (κ2) is 6.85. The molecular formula is C12H19Cl2NS. The Morgan fingerprint density at radius 1 is 1.38 bits per heavy atom. The molecule has 0 radical (unpaired) electrons. The molecule has 0 spiro atoms. The average molecular weight is 280 g/mol. The normalized spacial score (nSPS) is 15.1. The van der Waals surface area contributed by atoms with Crippen LogP contribution in [0.2, 0.25) is 8.67 Å². The van der Waals surface area contributed by atoms with Crippen molar-refractivity contribution < 1.29 is 0 Å². The Morgan fingerprint density at radius 2 is 2.06 bits per heavy atom. The summed E-state index contributed by atoms with van der Waals surface area (Å²) in [6.45, 7) is 6.56. The summed E-state index contributed by atoms with van der Waals surface area (Å²) >= 11 is 13.5. The Morgan fingerprint density at radius 3 is 2.50 bits per heavy atom. The van der Waals surface area contributed by atoms with Crippen LogP contribution < -0.4 is 5.32 Å². The van der Waals surface area contributed by atoms with Gasteiger partial charge in [-0.25, -0.2) is 0 Å². The van der Waals surface area contributed by atoms with Crippen LogP contribution >= 0.6 is 34.5 Å². The van der Waals surface area contributed by atoms with E-state index in [0.29, 0.717) is 6.04 Å². The molecule has 0 saturated heterocycles. The molecule has 4 heteroatoms.